The predicted octanol–water partition coefficient (Wildman–Crippen LogP) is 2.99. The van der Waals surface area contributed by atoms with Gasteiger partial charge >= 0.3 is 6.09 Å². The van der Waals surface area contributed by atoms with Crippen LogP contribution in [-0.4, -0.2) is 65.6 Å². The van der Waals surface area contributed by atoms with E-state index < -0.39 is 0 Å². The van der Waals surface area contributed by atoms with Crippen LogP contribution in [-0.2, 0) is 4.74 Å². The van der Waals surface area contributed by atoms with Gasteiger partial charge in [0, 0.05) is 44.1 Å². The standard InChI is InChI=1S/C20H30N4O3/c1-3-27-20(26)23-11-7-16(8-12-23)22-17-6-9-21-18(13-17)19(25)24-10-4-5-15(2)14-24/h6,9,13,15-16H,3-5,7-8,10-12,14H2,1-2H3,(H,21,22). The van der Waals surface area contributed by atoms with Crippen LogP contribution < -0.4 is 5.32 Å². The van der Waals surface area contributed by atoms with Gasteiger partial charge in [0.25, 0.3) is 5.91 Å². The molecule has 0 radical (unpaired) electrons. The number of nitrogens with zero attached hydrogens (tertiary/aromatic N) is 3. The van der Waals surface area contributed by atoms with Crippen LogP contribution in [0.25, 0.3) is 0 Å². The summed E-state index contributed by atoms with van der Waals surface area (Å²) in [7, 11) is 0. The van der Waals surface area contributed by atoms with E-state index in [9.17, 15) is 9.59 Å². The van der Waals surface area contributed by atoms with Crippen molar-refractivity contribution in [2.75, 3.05) is 38.1 Å². The molecule has 27 heavy (non-hydrogen) atoms. The van der Waals surface area contributed by atoms with Crippen molar-refractivity contribution < 1.29 is 14.3 Å². The van der Waals surface area contributed by atoms with Gasteiger partial charge in [0.1, 0.15) is 5.69 Å². The van der Waals surface area contributed by atoms with Crippen molar-refractivity contribution in [1.29, 1.82) is 0 Å². The van der Waals surface area contributed by atoms with Gasteiger partial charge in [-0.15, -0.1) is 0 Å². The molecule has 0 spiro atoms. The lowest BCUT2D eigenvalue weighted by molar-refractivity contribution is 0.0677. The van der Waals surface area contributed by atoms with Gasteiger partial charge in [-0.05, 0) is 50.7 Å². The van der Waals surface area contributed by atoms with Gasteiger partial charge in [-0.1, -0.05) is 6.92 Å². The number of piperidine rings is 2. The van der Waals surface area contributed by atoms with Gasteiger partial charge in [0.15, 0.2) is 0 Å². The molecule has 0 aliphatic carbocycles. The topological polar surface area (TPSA) is 74.8 Å². The average Bonchev–Trinajstić information content (AvgIpc) is 2.68. The zero-order valence-electron chi connectivity index (χ0n) is 16.3. The number of carbonyl (C=O) groups is 2. The zero-order valence-corrected chi connectivity index (χ0v) is 16.3. The molecule has 1 N–H and O–H groups in total. The van der Waals surface area contributed by atoms with E-state index in [0.29, 0.717) is 31.3 Å². The molecule has 3 rings (SSSR count). The first-order valence-electron chi connectivity index (χ1n) is 10.0. The molecule has 1 aromatic rings. The molecule has 1 aromatic heterocycles. The van der Waals surface area contributed by atoms with Crippen molar-refractivity contribution in [3.8, 4) is 0 Å². The first kappa shape index (κ1) is 19.5. The number of ether oxygens (including phenoxy) is 1. The largest absolute Gasteiger partial charge is 0.450 e. The summed E-state index contributed by atoms with van der Waals surface area (Å²) < 4.78 is 5.06. The fraction of sp³-hybridized carbons (Fsp3) is 0.650. The van der Waals surface area contributed by atoms with Crippen molar-refractivity contribution in [1.82, 2.24) is 14.8 Å². The van der Waals surface area contributed by atoms with E-state index in [0.717, 1.165) is 38.0 Å². The molecular weight excluding hydrogens is 344 g/mol. The van der Waals surface area contributed by atoms with Crippen LogP contribution in [0.4, 0.5) is 10.5 Å². The maximum atomic E-state index is 12.7. The van der Waals surface area contributed by atoms with E-state index >= 15 is 0 Å². The number of likely N-dealkylation sites (tertiary alicyclic amines) is 2. The Morgan fingerprint density at radius 2 is 2.00 bits per heavy atom. The lowest BCUT2D eigenvalue weighted by atomic mass is 10.00. The Kier molecular flexibility index (Phi) is 6.53. The van der Waals surface area contributed by atoms with Crippen LogP contribution in [0.3, 0.4) is 0 Å². The number of aromatic nitrogens is 1. The number of rotatable bonds is 4. The van der Waals surface area contributed by atoms with Crippen LogP contribution in [0, 0.1) is 5.92 Å². The monoisotopic (exact) mass is 374 g/mol. The molecule has 0 saturated carbocycles. The molecule has 2 amide bonds. The first-order chi connectivity index (χ1) is 13.1. The number of hydrogen-bond donors (Lipinski definition) is 1. The number of anilines is 1. The van der Waals surface area contributed by atoms with E-state index in [1.807, 2.05) is 24.0 Å². The number of nitrogens with one attached hydrogen (secondary N) is 1. The second kappa shape index (κ2) is 9.06. The summed E-state index contributed by atoms with van der Waals surface area (Å²) in [4.78, 5) is 32.5. The third-order valence-electron chi connectivity index (χ3n) is 5.32. The maximum Gasteiger partial charge on any atom is 0.409 e. The summed E-state index contributed by atoms with van der Waals surface area (Å²) >= 11 is 0. The minimum absolute atomic E-state index is 0.0160. The van der Waals surface area contributed by atoms with E-state index in [-0.39, 0.29) is 18.0 Å². The van der Waals surface area contributed by atoms with Gasteiger partial charge < -0.3 is 19.9 Å². The smallest absolute Gasteiger partial charge is 0.409 e. The summed E-state index contributed by atoms with van der Waals surface area (Å²) in [5.41, 5.74) is 1.41. The van der Waals surface area contributed by atoms with Gasteiger partial charge in [-0.25, -0.2) is 4.79 Å². The minimum Gasteiger partial charge on any atom is -0.450 e. The number of hydrogen-bond acceptors (Lipinski definition) is 5. The summed E-state index contributed by atoms with van der Waals surface area (Å²) in [6.45, 7) is 7.39. The second-order valence-corrected chi connectivity index (χ2v) is 7.53. The molecule has 7 heteroatoms. The average molecular weight is 374 g/mol. The normalized spacial score (nSPS) is 21.0. The Morgan fingerprint density at radius 1 is 1.22 bits per heavy atom. The lowest BCUT2D eigenvalue weighted by Crippen LogP contribution is -2.42. The van der Waals surface area contributed by atoms with E-state index in [1.165, 1.54) is 6.42 Å². The Bertz CT molecular complexity index is 658. The Morgan fingerprint density at radius 3 is 2.70 bits per heavy atom. The summed E-state index contributed by atoms with van der Waals surface area (Å²) in [5.74, 6) is 0.566. The molecule has 2 fully saturated rings. The number of amides is 2. The first-order valence-corrected chi connectivity index (χ1v) is 10.0. The molecule has 3 heterocycles. The molecule has 0 aromatic carbocycles. The molecule has 1 atom stereocenters. The van der Waals surface area contributed by atoms with E-state index in [1.54, 1.807) is 11.1 Å². The van der Waals surface area contributed by atoms with Gasteiger partial charge in [0.05, 0.1) is 6.61 Å². The van der Waals surface area contributed by atoms with Crippen LogP contribution >= 0.6 is 0 Å². The van der Waals surface area contributed by atoms with E-state index in [2.05, 4.69) is 17.2 Å². The van der Waals surface area contributed by atoms with Crippen LogP contribution in [0.15, 0.2) is 18.3 Å². The Labute approximate surface area is 161 Å². The van der Waals surface area contributed by atoms with Gasteiger partial charge in [0.2, 0.25) is 0 Å². The minimum atomic E-state index is -0.233. The fourth-order valence-electron chi connectivity index (χ4n) is 3.83. The van der Waals surface area contributed by atoms with Crippen molar-refractivity contribution >= 4 is 17.7 Å². The van der Waals surface area contributed by atoms with E-state index in [4.69, 9.17) is 4.74 Å². The lowest BCUT2D eigenvalue weighted by Gasteiger charge is -2.32. The molecule has 148 valence electrons. The molecule has 2 saturated heterocycles. The highest BCUT2D eigenvalue weighted by atomic mass is 16.6. The quantitative estimate of drug-likeness (QED) is 0.877. The summed E-state index contributed by atoms with van der Waals surface area (Å²) in [5, 5.41) is 3.49. The third kappa shape index (κ3) is 5.11. The zero-order chi connectivity index (χ0) is 19.2. The summed E-state index contributed by atoms with van der Waals surface area (Å²) in [6, 6.07) is 4.02. The van der Waals surface area contributed by atoms with Crippen molar-refractivity contribution in [2.45, 2.75) is 45.6 Å². The number of carbonyl (C=O) groups excluding carboxylic acids is 2. The number of pyridine rings is 1. The van der Waals surface area contributed by atoms with Crippen LogP contribution in [0.5, 0.6) is 0 Å². The van der Waals surface area contributed by atoms with Gasteiger partial charge in [-0.2, -0.15) is 0 Å². The summed E-state index contributed by atoms with van der Waals surface area (Å²) in [6.07, 6.45) is 5.41. The second-order valence-electron chi connectivity index (χ2n) is 7.53. The molecular formula is C20H30N4O3. The molecule has 1 unspecified atom stereocenters. The Hall–Kier alpha value is -2.31. The van der Waals surface area contributed by atoms with Crippen LogP contribution in [0.1, 0.15) is 50.0 Å². The molecule has 2 aliphatic heterocycles. The highest BCUT2D eigenvalue weighted by Gasteiger charge is 2.25. The highest BCUT2D eigenvalue weighted by molar-refractivity contribution is 5.93. The SMILES string of the molecule is CCOC(=O)N1CCC(Nc2ccnc(C(=O)N3CCCC(C)C3)c2)CC1. The van der Waals surface area contributed by atoms with Gasteiger partial charge in [-0.3, -0.25) is 9.78 Å². The molecule has 2 aliphatic rings. The molecule has 7 nitrogen and oxygen atoms in total. The highest BCUT2D eigenvalue weighted by Crippen LogP contribution is 2.20. The van der Waals surface area contributed by atoms with Crippen molar-refractivity contribution in [3.63, 3.8) is 0 Å². The predicted molar refractivity (Wildman–Crippen MR) is 104 cm³/mol. The fourth-order valence-corrected chi connectivity index (χ4v) is 3.83. The third-order valence-corrected chi connectivity index (χ3v) is 5.32. The van der Waals surface area contributed by atoms with Crippen molar-refractivity contribution in [3.05, 3.63) is 24.0 Å². The maximum absolute atomic E-state index is 12.7. The van der Waals surface area contributed by atoms with Crippen LogP contribution in [0.2, 0.25) is 0 Å². The Balaban J connectivity index is 1.55. The molecule has 0 bridgehead atoms. The van der Waals surface area contributed by atoms with Crippen molar-refractivity contribution in [2.24, 2.45) is 5.92 Å².